The maximum Gasteiger partial charge on any atom is 0.123 e. The number of hydrogen-bond donors (Lipinski definition) is 1. The first kappa shape index (κ1) is 12.4. The molecule has 0 atom stereocenters. The van der Waals surface area contributed by atoms with Crippen molar-refractivity contribution >= 4 is 17.3 Å². The van der Waals surface area contributed by atoms with E-state index >= 15 is 0 Å². The van der Waals surface area contributed by atoms with E-state index in [9.17, 15) is 4.39 Å². The summed E-state index contributed by atoms with van der Waals surface area (Å²) in [6, 6.07) is 9.01. The number of benzene rings is 1. The molecule has 0 aliphatic heterocycles. The number of pyridine rings is 1. The molecule has 0 spiro atoms. The van der Waals surface area contributed by atoms with Gasteiger partial charge in [0.05, 0.1) is 16.9 Å². The number of nitrogens with one attached hydrogen (secondary N) is 1. The molecule has 0 radical (unpaired) electrons. The van der Waals surface area contributed by atoms with E-state index in [4.69, 9.17) is 11.6 Å². The molecule has 1 aliphatic carbocycles. The zero-order chi connectivity index (χ0) is 13.2. The molecule has 1 fully saturated rings. The second-order valence-corrected chi connectivity index (χ2v) is 5.33. The molecule has 2 aromatic rings. The lowest BCUT2D eigenvalue weighted by molar-refractivity contribution is 0.373. The van der Waals surface area contributed by atoms with Gasteiger partial charge in [0.15, 0.2) is 0 Å². The normalized spacial score (nSPS) is 21.8. The fraction of sp³-hybridized carbons (Fsp3) is 0.267. The first-order valence-electron chi connectivity index (χ1n) is 6.34. The molecular weight excluding hydrogens is 263 g/mol. The molecule has 1 saturated carbocycles. The molecule has 0 saturated heterocycles. The Bertz CT molecular complexity index is 582. The summed E-state index contributed by atoms with van der Waals surface area (Å²) in [6.45, 7) is 0. The summed E-state index contributed by atoms with van der Waals surface area (Å²) < 4.78 is 13.1. The Morgan fingerprint density at radius 1 is 1.26 bits per heavy atom. The van der Waals surface area contributed by atoms with Crippen LogP contribution in [0, 0.1) is 5.82 Å². The van der Waals surface area contributed by atoms with Crippen LogP contribution in [0.1, 0.15) is 24.3 Å². The van der Waals surface area contributed by atoms with E-state index in [-0.39, 0.29) is 5.82 Å². The molecule has 4 heteroatoms. The van der Waals surface area contributed by atoms with Crippen LogP contribution in [0.2, 0.25) is 5.02 Å². The van der Waals surface area contributed by atoms with E-state index in [2.05, 4.69) is 10.3 Å². The van der Waals surface area contributed by atoms with E-state index in [0.29, 0.717) is 17.0 Å². The van der Waals surface area contributed by atoms with Crippen molar-refractivity contribution in [3.63, 3.8) is 0 Å². The van der Waals surface area contributed by atoms with Gasteiger partial charge in [-0.1, -0.05) is 23.7 Å². The monoisotopic (exact) mass is 276 g/mol. The zero-order valence-electron chi connectivity index (χ0n) is 10.3. The highest BCUT2D eigenvalue weighted by Crippen LogP contribution is 2.39. The van der Waals surface area contributed by atoms with Crippen molar-refractivity contribution in [2.45, 2.75) is 24.8 Å². The minimum Gasteiger partial charge on any atom is -0.380 e. The summed E-state index contributed by atoms with van der Waals surface area (Å²) in [6.07, 6.45) is 5.39. The van der Waals surface area contributed by atoms with Crippen molar-refractivity contribution in [1.29, 1.82) is 0 Å². The van der Waals surface area contributed by atoms with Crippen LogP contribution in [0.15, 0.2) is 42.7 Å². The van der Waals surface area contributed by atoms with Gasteiger partial charge in [-0.15, -0.1) is 0 Å². The van der Waals surface area contributed by atoms with Crippen molar-refractivity contribution in [1.82, 2.24) is 4.98 Å². The van der Waals surface area contributed by atoms with Crippen LogP contribution >= 0.6 is 11.6 Å². The average Bonchev–Trinajstić information content (AvgIpc) is 2.35. The van der Waals surface area contributed by atoms with Gasteiger partial charge in [-0.2, -0.15) is 0 Å². The third-order valence-corrected chi connectivity index (χ3v) is 3.92. The molecule has 98 valence electrons. The standard InChI is InChI=1S/C15H14ClFN2/c16-14-4-5-18-9-15(14)19-13-7-11(8-13)10-2-1-3-12(17)6-10/h1-6,9,11,13,19H,7-8H2. The Balaban J connectivity index is 1.60. The van der Waals surface area contributed by atoms with Crippen molar-refractivity contribution in [3.8, 4) is 0 Å². The van der Waals surface area contributed by atoms with Crippen LogP contribution in [0.5, 0.6) is 0 Å². The van der Waals surface area contributed by atoms with Gasteiger partial charge in [0.2, 0.25) is 0 Å². The van der Waals surface area contributed by atoms with Gasteiger partial charge in [0.25, 0.3) is 0 Å². The van der Waals surface area contributed by atoms with Crippen molar-refractivity contribution in [2.24, 2.45) is 0 Å². The second kappa shape index (κ2) is 5.17. The quantitative estimate of drug-likeness (QED) is 0.907. The van der Waals surface area contributed by atoms with Gasteiger partial charge in [0.1, 0.15) is 5.82 Å². The molecule has 1 aromatic carbocycles. The Kier molecular flexibility index (Phi) is 3.38. The molecule has 1 N–H and O–H groups in total. The maximum absolute atomic E-state index is 13.1. The zero-order valence-corrected chi connectivity index (χ0v) is 11.1. The molecule has 1 heterocycles. The lowest BCUT2D eigenvalue weighted by atomic mass is 9.76. The maximum atomic E-state index is 13.1. The van der Waals surface area contributed by atoms with E-state index in [1.165, 1.54) is 6.07 Å². The Labute approximate surface area is 116 Å². The summed E-state index contributed by atoms with van der Waals surface area (Å²) >= 11 is 6.07. The number of anilines is 1. The minimum atomic E-state index is -0.163. The summed E-state index contributed by atoms with van der Waals surface area (Å²) in [5.41, 5.74) is 1.95. The van der Waals surface area contributed by atoms with Gasteiger partial charge < -0.3 is 5.32 Å². The average molecular weight is 277 g/mol. The summed E-state index contributed by atoms with van der Waals surface area (Å²) in [5.74, 6) is 0.271. The number of aromatic nitrogens is 1. The number of nitrogens with zero attached hydrogens (tertiary/aromatic N) is 1. The molecule has 3 rings (SSSR count). The highest BCUT2D eigenvalue weighted by molar-refractivity contribution is 6.33. The minimum absolute atomic E-state index is 0.163. The smallest absolute Gasteiger partial charge is 0.123 e. The van der Waals surface area contributed by atoms with Gasteiger partial charge in [-0.25, -0.2) is 4.39 Å². The van der Waals surface area contributed by atoms with Crippen LogP contribution in [0.4, 0.5) is 10.1 Å². The lowest BCUT2D eigenvalue weighted by Gasteiger charge is -2.37. The molecule has 1 aliphatic rings. The molecule has 0 unspecified atom stereocenters. The fourth-order valence-electron chi connectivity index (χ4n) is 2.47. The summed E-state index contributed by atoms with van der Waals surface area (Å²) in [5, 5.41) is 4.06. The van der Waals surface area contributed by atoms with E-state index < -0.39 is 0 Å². The first-order chi connectivity index (χ1) is 9.22. The predicted molar refractivity (Wildman–Crippen MR) is 75.0 cm³/mol. The van der Waals surface area contributed by atoms with Crippen LogP contribution in [0.25, 0.3) is 0 Å². The predicted octanol–water partition coefficient (Wildman–Crippen LogP) is 4.23. The van der Waals surface area contributed by atoms with E-state index in [1.54, 1.807) is 30.6 Å². The van der Waals surface area contributed by atoms with Gasteiger partial charge in [-0.3, -0.25) is 4.98 Å². The SMILES string of the molecule is Fc1cccc(C2CC(Nc3cnccc3Cl)C2)c1. The van der Waals surface area contributed by atoms with Crippen LogP contribution in [-0.2, 0) is 0 Å². The lowest BCUT2D eigenvalue weighted by Crippen LogP contribution is -2.34. The second-order valence-electron chi connectivity index (χ2n) is 4.92. The Hall–Kier alpha value is -1.61. The third kappa shape index (κ3) is 2.71. The highest BCUT2D eigenvalue weighted by atomic mass is 35.5. The summed E-state index contributed by atoms with van der Waals surface area (Å²) in [4.78, 5) is 4.05. The molecule has 19 heavy (non-hydrogen) atoms. The van der Waals surface area contributed by atoms with E-state index in [1.807, 2.05) is 6.07 Å². The molecule has 0 bridgehead atoms. The molecule has 2 nitrogen and oxygen atoms in total. The molecule has 1 aromatic heterocycles. The van der Waals surface area contributed by atoms with Gasteiger partial charge >= 0.3 is 0 Å². The number of rotatable bonds is 3. The fourth-order valence-corrected chi connectivity index (χ4v) is 2.63. The van der Waals surface area contributed by atoms with Crippen LogP contribution in [-0.4, -0.2) is 11.0 Å². The first-order valence-corrected chi connectivity index (χ1v) is 6.71. The van der Waals surface area contributed by atoms with Crippen molar-refractivity contribution in [2.75, 3.05) is 5.32 Å². The molecule has 0 amide bonds. The highest BCUT2D eigenvalue weighted by Gasteiger charge is 2.30. The van der Waals surface area contributed by atoms with Crippen molar-refractivity contribution < 1.29 is 4.39 Å². The summed E-state index contributed by atoms with van der Waals surface area (Å²) in [7, 11) is 0. The molecular formula is C15H14ClFN2. The van der Waals surface area contributed by atoms with Crippen LogP contribution < -0.4 is 5.32 Å². The third-order valence-electron chi connectivity index (χ3n) is 3.59. The van der Waals surface area contributed by atoms with Gasteiger partial charge in [-0.05, 0) is 42.5 Å². The Morgan fingerprint density at radius 3 is 2.84 bits per heavy atom. The van der Waals surface area contributed by atoms with E-state index in [0.717, 1.165) is 24.1 Å². The largest absolute Gasteiger partial charge is 0.380 e. The van der Waals surface area contributed by atoms with Crippen molar-refractivity contribution in [3.05, 3.63) is 59.1 Å². The number of hydrogen-bond acceptors (Lipinski definition) is 2. The van der Waals surface area contributed by atoms with Crippen LogP contribution in [0.3, 0.4) is 0 Å². The number of halogens is 2. The Morgan fingerprint density at radius 2 is 2.11 bits per heavy atom. The van der Waals surface area contributed by atoms with Gasteiger partial charge in [0, 0.05) is 12.2 Å². The topological polar surface area (TPSA) is 24.9 Å².